The first-order valence-electron chi connectivity index (χ1n) is 7.62. The normalized spacial score (nSPS) is 17.6. The van der Waals surface area contributed by atoms with Gasteiger partial charge in [0.15, 0.2) is 0 Å². The number of carbonyl (C=O) groups excluding carboxylic acids is 2. The molecule has 124 valence electrons. The van der Waals surface area contributed by atoms with Gasteiger partial charge < -0.3 is 10.6 Å². The smallest absolute Gasteiger partial charge is 0.251 e. The van der Waals surface area contributed by atoms with Gasteiger partial charge in [0.05, 0.1) is 17.0 Å². The second-order valence-corrected chi connectivity index (χ2v) is 7.06. The molecule has 3 rings (SSSR count). The number of halogens is 1. The van der Waals surface area contributed by atoms with Crippen LogP contribution >= 0.6 is 11.8 Å². The Labute approximate surface area is 143 Å². The van der Waals surface area contributed by atoms with Gasteiger partial charge in [-0.1, -0.05) is 18.2 Å². The van der Waals surface area contributed by atoms with Gasteiger partial charge in [-0.25, -0.2) is 4.39 Å². The summed E-state index contributed by atoms with van der Waals surface area (Å²) in [5, 5.41) is 5.43. The Morgan fingerprint density at radius 1 is 1.29 bits per heavy atom. The predicted octanol–water partition coefficient (Wildman–Crippen LogP) is 3.75. The highest BCUT2D eigenvalue weighted by Crippen LogP contribution is 2.36. The number of benzene rings is 2. The van der Waals surface area contributed by atoms with Crippen LogP contribution in [0.15, 0.2) is 47.4 Å². The average molecular weight is 344 g/mol. The fraction of sp³-hybridized carbons (Fsp3) is 0.222. The number of hydrogen-bond donors (Lipinski definition) is 2. The topological polar surface area (TPSA) is 58.2 Å². The third kappa shape index (κ3) is 3.28. The van der Waals surface area contributed by atoms with E-state index in [1.54, 1.807) is 37.3 Å². The minimum Gasteiger partial charge on any atom is -0.345 e. The molecule has 6 heteroatoms. The van der Waals surface area contributed by atoms with Crippen LogP contribution in [0, 0.1) is 5.82 Å². The summed E-state index contributed by atoms with van der Waals surface area (Å²) in [6.45, 7) is 3.56. The molecule has 0 saturated carbocycles. The lowest BCUT2D eigenvalue weighted by atomic mass is 10.1. The number of nitrogens with one attached hydrogen (secondary N) is 2. The number of rotatable bonds is 3. The molecule has 0 saturated heterocycles. The Morgan fingerprint density at radius 3 is 2.79 bits per heavy atom. The van der Waals surface area contributed by atoms with Gasteiger partial charge >= 0.3 is 0 Å². The number of fused-ring (bicyclic) bond motifs is 1. The van der Waals surface area contributed by atoms with Crippen molar-refractivity contribution in [3.05, 3.63) is 59.4 Å². The van der Waals surface area contributed by atoms with E-state index in [0.717, 1.165) is 4.90 Å². The molecule has 2 atom stereocenters. The number of amides is 2. The summed E-state index contributed by atoms with van der Waals surface area (Å²) in [5.74, 6) is -0.746. The molecule has 0 aliphatic carbocycles. The van der Waals surface area contributed by atoms with Gasteiger partial charge in [0.25, 0.3) is 5.91 Å². The third-order valence-corrected chi connectivity index (χ3v) is 5.07. The van der Waals surface area contributed by atoms with Gasteiger partial charge in [-0.2, -0.15) is 0 Å². The standard InChI is InChI=1S/C18H17FN2O2S/c1-10(13-5-3-4-6-14(13)19)20-18(23)12-7-8-16-15(9-12)21-17(22)11(2)24-16/h3-11H,1-2H3,(H,20,23)(H,21,22)/t10-,11-/m0/s1. The van der Waals surface area contributed by atoms with Gasteiger partial charge in [-0.05, 0) is 38.1 Å². The molecule has 0 aromatic heterocycles. The van der Waals surface area contributed by atoms with Crippen LogP contribution in [0.5, 0.6) is 0 Å². The van der Waals surface area contributed by atoms with Crippen molar-refractivity contribution < 1.29 is 14.0 Å². The molecule has 24 heavy (non-hydrogen) atoms. The van der Waals surface area contributed by atoms with Crippen LogP contribution in [0.1, 0.15) is 35.8 Å². The predicted molar refractivity (Wildman–Crippen MR) is 92.7 cm³/mol. The van der Waals surface area contributed by atoms with E-state index in [0.29, 0.717) is 16.8 Å². The SMILES string of the molecule is C[C@@H]1Sc2ccc(C(=O)N[C@@H](C)c3ccccc3F)cc2NC1=O. The van der Waals surface area contributed by atoms with Crippen molar-refractivity contribution in [2.45, 2.75) is 30.0 Å². The second kappa shape index (κ2) is 6.65. The highest BCUT2D eigenvalue weighted by molar-refractivity contribution is 8.00. The van der Waals surface area contributed by atoms with Gasteiger partial charge in [-0.3, -0.25) is 9.59 Å². The summed E-state index contributed by atoms with van der Waals surface area (Å²) in [6, 6.07) is 11.1. The van der Waals surface area contributed by atoms with Crippen molar-refractivity contribution >= 4 is 29.3 Å². The molecule has 2 N–H and O–H groups in total. The molecule has 4 nitrogen and oxygen atoms in total. The third-order valence-electron chi connectivity index (χ3n) is 3.89. The van der Waals surface area contributed by atoms with E-state index in [9.17, 15) is 14.0 Å². The lowest BCUT2D eigenvalue weighted by Gasteiger charge is -2.22. The Hall–Kier alpha value is -2.34. The maximum absolute atomic E-state index is 13.8. The molecule has 2 amide bonds. The molecular formula is C18H17FN2O2S. The Balaban J connectivity index is 1.78. The maximum Gasteiger partial charge on any atom is 0.251 e. The van der Waals surface area contributed by atoms with Crippen molar-refractivity contribution in [1.29, 1.82) is 0 Å². The zero-order valence-corrected chi connectivity index (χ0v) is 14.1. The summed E-state index contributed by atoms with van der Waals surface area (Å²) in [6.07, 6.45) is 0. The largest absolute Gasteiger partial charge is 0.345 e. The van der Waals surface area contributed by atoms with Gasteiger partial charge in [0, 0.05) is 16.0 Å². The first-order chi connectivity index (χ1) is 11.5. The zero-order valence-electron chi connectivity index (χ0n) is 13.3. The Morgan fingerprint density at radius 2 is 2.04 bits per heavy atom. The van der Waals surface area contributed by atoms with E-state index in [1.165, 1.54) is 17.8 Å². The molecule has 0 unspecified atom stereocenters. The lowest BCUT2D eigenvalue weighted by molar-refractivity contribution is -0.115. The van der Waals surface area contributed by atoms with E-state index in [-0.39, 0.29) is 22.9 Å². The minimum atomic E-state index is -0.460. The van der Waals surface area contributed by atoms with Gasteiger partial charge in [0.2, 0.25) is 5.91 Å². The average Bonchev–Trinajstić information content (AvgIpc) is 2.55. The van der Waals surface area contributed by atoms with Crippen molar-refractivity contribution in [3.63, 3.8) is 0 Å². The van der Waals surface area contributed by atoms with E-state index < -0.39 is 6.04 Å². The lowest BCUT2D eigenvalue weighted by Crippen LogP contribution is -2.29. The summed E-state index contributed by atoms with van der Waals surface area (Å²) in [4.78, 5) is 25.1. The van der Waals surface area contributed by atoms with E-state index in [1.807, 2.05) is 13.0 Å². The van der Waals surface area contributed by atoms with Gasteiger partial charge in [0.1, 0.15) is 5.82 Å². The van der Waals surface area contributed by atoms with Crippen LogP contribution in [-0.4, -0.2) is 17.1 Å². The Bertz CT molecular complexity index is 809. The molecule has 1 aliphatic rings. The number of anilines is 1. The summed E-state index contributed by atoms with van der Waals surface area (Å²) >= 11 is 1.46. The van der Waals surface area contributed by atoms with Crippen molar-refractivity contribution in [1.82, 2.24) is 5.32 Å². The molecule has 0 fully saturated rings. The van der Waals surface area contributed by atoms with Crippen LogP contribution in [-0.2, 0) is 4.79 Å². The summed E-state index contributed by atoms with van der Waals surface area (Å²) < 4.78 is 13.8. The fourth-order valence-corrected chi connectivity index (χ4v) is 3.46. The van der Waals surface area contributed by atoms with Crippen molar-refractivity contribution in [2.24, 2.45) is 0 Å². The number of carbonyl (C=O) groups is 2. The van der Waals surface area contributed by atoms with Crippen molar-refractivity contribution in [2.75, 3.05) is 5.32 Å². The van der Waals surface area contributed by atoms with Crippen LogP contribution in [0.4, 0.5) is 10.1 Å². The van der Waals surface area contributed by atoms with Crippen LogP contribution in [0.2, 0.25) is 0 Å². The highest BCUT2D eigenvalue weighted by Gasteiger charge is 2.24. The van der Waals surface area contributed by atoms with Crippen LogP contribution in [0.3, 0.4) is 0 Å². The van der Waals surface area contributed by atoms with Crippen LogP contribution < -0.4 is 10.6 Å². The van der Waals surface area contributed by atoms with E-state index in [2.05, 4.69) is 10.6 Å². The minimum absolute atomic E-state index is 0.0789. The first-order valence-corrected chi connectivity index (χ1v) is 8.50. The quantitative estimate of drug-likeness (QED) is 0.891. The molecule has 2 aromatic carbocycles. The van der Waals surface area contributed by atoms with Crippen molar-refractivity contribution in [3.8, 4) is 0 Å². The molecule has 1 aliphatic heterocycles. The molecular weight excluding hydrogens is 327 g/mol. The van der Waals surface area contributed by atoms with E-state index >= 15 is 0 Å². The highest BCUT2D eigenvalue weighted by atomic mass is 32.2. The molecule has 0 radical (unpaired) electrons. The van der Waals surface area contributed by atoms with Gasteiger partial charge in [-0.15, -0.1) is 11.8 Å². The molecule has 0 spiro atoms. The molecule has 0 bridgehead atoms. The zero-order chi connectivity index (χ0) is 17.3. The maximum atomic E-state index is 13.8. The molecule has 1 heterocycles. The molecule has 2 aromatic rings. The van der Waals surface area contributed by atoms with E-state index in [4.69, 9.17) is 0 Å². The Kier molecular flexibility index (Phi) is 4.57. The number of hydrogen-bond acceptors (Lipinski definition) is 3. The first kappa shape index (κ1) is 16.5. The summed E-state index contributed by atoms with van der Waals surface area (Å²) in [7, 11) is 0. The second-order valence-electron chi connectivity index (χ2n) is 5.68. The monoisotopic (exact) mass is 344 g/mol. The summed E-state index contributed by atoms with van der Waals surface area (Å²) in [5.41, 5.74) is 1.49. The fourth-order valence-electron chi connectivity index (χ4n) is 2.53. The van der Waals surface area contributed by atoms with Crippen LogP contribution in [0.25, 0.3) is 0 Å². The number of thioether (sulfide) groups is 1.